The van der Waals surface area contributed by atoms with E-state index in [1.807, 2.05) is 5.51 Å². The Kier molecular flexibility index (Phi) is 4.40. The largest absolute Gasteiger partial charge is 0.355 e. The minimum Gasteiger partial charge on any atom is -0.355 e. The molecule has 0 aliphatic carbocycles. The fourth-order valence-electron chi connectivity index (χ4n) is 3.29. The van der Waals surface area contributed by atoms with Crippen LogP contribution < -0.4 is 4.90 Å². The number of aryl methyl sites for hydroxylation is 1. The number of rotatable bonds is 3. The van der Waals surface area contributed by atoms with Crippen LogP contribution in [0, 0.1) is 6.92 Å². The Hall–Kier alpha value is -2.05. The summed E-state index contributed by atoms with van der Waals surface area (Å²) < 4.78 is 0. The summed E-state index contributed by atoms with van der Waals surface area (Å²) in [6, 6.07) is 6.39. The van der Waals surface area contributed by atoms with Crippen LogP contribution in [0.4, 0.5) is 5.82 Å². The van der Waals surface area contributed by atoms with Crippen molar-refractivity contribution in [2.75, 3.05) is 31.1 Å². The minimum absolute atomic E-state index is 0.945. The quantitative estimate of drug-likeness (QED) is 0.734. The summed E-state index contributed by atoms with van der Waals surface area (Å²) in [6.07, 6.45) is 2.83. The summed E-state index contributed by atoms with van der Waals surface area (Å²) in [7, 11) is 0. The summed E-state index contributed by atoms with van der Waals surface area (Å²) >= 11 is 1.67. The van der Waals surface area contributed by atoms with E-state index in [0.29, 0.717) is 0 Å². The average molecular weight is 339 g/mol. The predicted molar refractivity (Wildman–Crippen MR) is 98.5 cm³/mol. The van der Waals surface area contributed by atoms with Crippen molar-refractivity contribution in [2.24, 2.45) is 0 Å². The highest BCUT2D eigenvalue weighted by atomic mass is 32.1. The van der Waals surface area contributed by atoms with Crippen LogP contribution in [0.15, 0.2) is 35.4 Å². The van der Waals surface area contributed by atoms with Crippen molar-refractivity contribution in [3.63, 3.8) is 0 Å². The van der Waals surface area contributed by atoms with Gasteiger partial charge in [-0.3, -0.25) is 4.90 Å². The SMILES string of the molecule is Cc1ccc2ncnc(N3CCCN(Cc4cscn4)CC3)c2c1. The van der Waals surface area contributed by atoms with Crippen molar-refractivity contribution in [3.8, 4) is 0 Å². The molecule has 3 heterocycles. The topological polar surface area (TPSA) is 45.2 Å². The third-order valence-corrected chi connectivity index (χ3v) is 5.16. The molecule has 1 aliphatic rings. The Balaban J connectivity index is 1.54. The molecule has 4 rings (SSSR count). The van der Waals surface area contributed by atoms with Crippen LogP contribution in [0.25, 0.3) is 10.9 Å². The van der Waals surface area contributed by atoms with Gasteiger partial charge in [-0.25, -0.2) is 15.0 Å². The lowest BCUT2D eigenvalue weighted by Gasteiger charge is -2.23. The van der Waals surface area contributed by atoms with Gasteiger partial charge in [0.05, 0.1) is 16.7 Å². The van der Waals surface area contributed by atoms with E-state index >= 15 is 0 Å². The number of anilines is 1. The summed E-state index contributed by atoms with van der Waals surface area (Å²) in [4.78, 5) is 18.3. The second-order valence-electron chi connectivity index (χ2n) is 6.31. The first-order chi connectivity index (χ1) is 11.8. The molecule has 0 unspecified atom stereocenters. The Bertz CT molecular complexity index is 817. The van der Waals surface area contributed by atoms with E-state index < -0.39 is 0 Å². The van der Waals surface area contributed by atoms with Gasteiger partial charge in [-0.1, -0.05) is 11.6 Å². The molecular formula is C18H21N5S. The van der Waals surface area contributed by atoms with Crippen LogP contribution in [-0.4, -0.2) is 46.0 Å². The zero-order valence-corrected chi connectivity index (χ0v) is 14.7. The van der Waals surface area contributed by atoms with E-state index in [4.69, 9.17) is 0 Å². The molecule has 2 aromatic heterocycles. The number of aromatic nitrogens is 3. The Morgan fingerprint density at radius 1 is 1.08 bits per heavy atom. The highest BCUT2D eigenvalue weighted by molar-refractivity contribution is 7.07. The molecule has 1 fully saturated rings. The summed E-state index contributed by atoms with van der Waals surface area (Å²) in [5, 5.41) is 3.30. The molecule has 0 bridgehead atoms. The van der Waals surface area contributed by atoms with Crippen LogP contribution in [0.5, 0.6) is 0 Å². The maximum absolute atomic E-state index is 4.60. The van der Waals surface area contributed by atoms with E-state index in [1.165, 1.54) is 11.3 Å². The lowest BCUT2D eigenvalue weighted by Crippen LogP contribution is -2.31. The van der Waals surface area contributed by atoms with Crippen molar-refractivity contribution in [1.29, 1.82) is 0 Å². The minimum atomic E-state index is 0.945. The lowest BCUT2D eigenvalue weighted by atomic mass is 10.1. The van der Waals surface area contributed by atoms with Gasteiger partial charge in [-0.2, -0.15) is 0 Å². The zero-order valence-electron chi connectivity index (χ0n) is 13.9. The third kappa shape index (κ3) is 3.25. The number of benzene rings is 1. The number of thiazole rings is 1. The van der Waals surface area contributed by atoms with Gasteiger partial charge in [-0.15, -0.1) is 11.3 Å². The molecule has 0 spiro atoms. The number of hydrogen-bond acceptors (Lipinski definition) is 6. The fraction of sp³-hybridized carbons (Fsp3) is 0.389. The van der Waals surface area contributed by atoms with E-state index in [1.54, 1.807) is 17.7 Å². The highest BCUT2D eigenvalue weighted by Crippen LogP contribution is 2.25. The molecule has 0 atom stereocenters. The predicted octanol–water partition coefficient (Wildman–Crippen LogP) is 3.11. The van der Waals surface area contributed by atoms with E-state index in [0.717, 1.165) is 55.9 Å². The second-order valence-corrected chi connectivity index (χ2v) is 7.03. The summed E-state index contributed by atoms with van der Waals surface area (Å²) in [6.45, 7) is 7.23. The molecule has 0 radical (unpaired) electrons. The molecule has 1 aliphatic heterocycles. The standard InChI is InChI=1S/C18H21N5S/c1-14-3-4-17-16(9-14)18(20-12-19-17)23-6-2-5-22(7-8-23)10-15-11-24-13-21-15/h3-4,9,11-13H,2,5-8,10H2,1H3. The molecule has 1 saturated heterocycles. The van der Waals surface area contributed by atoms with E-state index in [-0.39, 0.29) is 0 Å². The fourth-order valence-corrected chi connectivity index (χ4v) is 3.84. The molecule has 1 aromatic carbocycles. The first-order valence-electron chi connectivity index (χ1n) is 8.35. The normalized spacial score (nSPS) is 16.5. The molecule has 6 heteroatoms. The van der Waals surface area contributed by atoms with Gasteiger partial charge in [-0.05, 0) is 25.5 Å². The van der Waals surface area contributed by atoms with Crippen LogP contribution in [0.2, 0.25) is 0 Å². The second kappa shape index (κ2) is 6.83. The average Bonchev–Trinajstić information content (AvgIpc) is 2.99. The smallest absolute Gasteiger partial charge is 0.139 e. The van der Waals surface area contributed by atoms with Gasteiger partial charge in [0, 0.05) is 43.5 Å². The molecule has 124 valence electrons. The maximum atomic E-state index is 4.60. The summed E-state index contributed by atoms with van der Waals surface area (Å²) in [5.41, 5.74) is 5.36. The van der Waals surface area contributed by atoms with Gasteiger partial charge in [0.2, 0.25) is 0 Å². The maximum Gasteiger partial charge on any atom is 0.139 e. The highest BCUT2D eigenvalue weighted by Gasteiger charge is 2.18. The first-order valence-corrected chi connectivity index (χ1v) is 9.29. The van der Waals surface area contributed by atoms with Gasteiger partial charge in [0.15, 0.2) is 0 Å². The van der Waals surface area contributed by atoms with Crippen molar-refractivity contribution in [1.82, 2.24) is 19.9 Å². The molecule has 3 aromatic rings. The van der Waals surface area contributed by atoms with Crippen molar-refractivity contribution < 1.29 is 0 Å². The van der Waals surface area contributed by atoms with Gasteiger partial charge < -0.3 is 4.90 Å². The molecular weight excluding hydrogens is 318 g/mol. The molecule has 0 saturated carbocycles. The van der Waals surface area contributed by atoms with Crippen molar-refractivity contribution in [3.05, 3.63) is 46.7 Å². The van der Waals surface area contributed by atoms with Crippen LogP contribution in [0.3, 0.4) is 0 Å². The number of hydrogen-bond donors (Lipinski definition) is 0. The first kappa shape index (κ1) is 15.5. The number of nitrogens with zero attached hydrogens (tertiary/aromatic N) is 5. The van der Waals surface area contributed by atoms with Crippen molar-refractivity contribution in [2.45, 2.75) is 19.9 Å². The van der Waals surface area contributed by atoms with Crippen molar-refractivity contribution >= 4 is 28.1 Å². The third-order valence-electron chi connectivity index (χ3n) is 4.53. The number of fused-ring (bicyclic) bond motifs is 1. The molecule has 5 nitrogen and oxygen atoms in total. The Morgan fingerprint density at radius 3 is 2.92 bits per heavy atom. The molecule has 0 N–H and O–H groups in total. The lowest BCUT2D eigenvalue weighted by molar-refractivity contribution is 0.282. The van der Waals surface area contributed by atoms with Gasteiger partial charge in [0.1, 0.15) is 12.1 Å². The zero-order chi connectivity index (χ0) is 16.4. The molecule has 0 amide bonds. The summed E-state index contributed by atoms with van der Waals surface area (Å²) in [5.74, 6) is 1.07. The monoisotopic (exact) mass is 339 g/mol. The van der Waals surface area contributed by atoms with Crippen LogP contribution in [-0.2, 0) is 6.54 Å². The van der Waals surface area contributed by atoms with Gasteiger partial charge in [0.25, 0.3) is 0 Å². The van der Waals surface area contributed by atoms with E-state index in [2.05, 4.69) is 55.3 Å². The van der Waals surface area contributed by atoms with E-state index in [9.17, 15) is 0 Å². The molecule has 24 heavy (non-hydrogen) atoms. The Morgan fingerprint density at radius 2 is 2.04 bits per heavy atom. The van der Waals surface area contributed by atoms with Crippen LogP contribution in [0.1, 0.15) is 17.7 Å². The van der Waals surface area contributed by atoms with Gasteiger partial charge >= 0.3 is 0 Å². The van der Waals surface area contributed by atoms with Crippen LogP contribution >= 0.6 is 11.3 Å². The Labute approximate surface area is 146 Å².